The number of hydrogen-bond donors (Lipinski definition) is 0. The summed E-state index contributed by atoms with van der Waals surface area (Å²) < 4.78 is 0. The van der Waals surface area contributed by atoms with Gasteiger partial charge in [-0.25, -0.2) is 0 Å². The van der Waals surface area contributed by atoms with Gasteiger partial charge in [-0.1, -0.05) is 0 Å². The molecule has 0 heterocycles. The minimum absolute atomic E-state index is 0.937. The third-order valence-corrected chi connectivity index (χ3v) is 10.9. The van der Waals surface area contributed by atoms with E-state index in [0.29, 0.717) is 0 Å². The van der Waals surface area contributed by atoms with Crippen LogP contribution in [-0.2, 0) is 11.8 Å². The summed E-state index contributed by atoms with van der Waals surface area (Å²) in [6.45, 7) is 3.15. The van der Waals surface area contributed by atoms with E-state index >= 15 is 0 Å². The molecule has 0 aliphatic carbocycles. The van der Waals surface area contributed by atoms with Gasteiger partial charge in [0.2, 0.25) is 0 Å². The van der Waals surface area contributed by atoms with Crippen LogP contribution in [0.3, 0.4) is 0 Å². The minimum atomic E-state index is -1.84. The molecule has 0 N–H and O–H groups in total. The molecule has 0 saturated carbocycles. The van der Waals surface area contributed by atoms with Crippen molar-refractivity contribution in [1.82, 2.24) is 0 Å². The van der Waals surface area contributed by atoms with Gasteiger partial charge in [0.1, 0.15) is 0 Å². The Balaban J connectivity index is 2.43. The van der Waals surface area contributed by atoms with Crippen LogP contribution in [0.2, 0.25) is 0 Å². The van der Waals surface area contributed by atoms with Crippen LogP contribution in [-0.4, -0.2) is 5.03 Å². The van der Waals surface area contributed by atoms with Gasteiger partial charge in [-0.15, -0.1) is 0 Å². The van der Waals surface area contributed by atoms with E-state index in [1.165, 1.54) is 20.9 Å². The molecule has 0 aliphatic heterocycles. The summed E-state index contributed by atoms with van der Waals surface area (Å²) in [6.07, 6.45) is 0. The Labute approximate surface area is 145 Å². The summed E-state index contributed by atoms with van der Waals surface area (Å²) in [5, 5.41) is 5.46. The topological polar surface area (TPSA) is 0 Å². The molecule has 112 valence electrons. The van der Waals surface area contributed by atoms with Crippen molar-refractivity contribution in [1.29, 1.82) is 0 Å². The molecule has 0 aromatic heterocycles. The molecule has 0 fully saturated rings. The Morgan fingerprint density at radius 2 is 0.957 bits per heavy atom. The summed E-state index contributed by atoms with van der Waals surface area (Å²) in [6, 6.07) is 32.5. The Morgan fingerprint density at radius 1 is 0.652 bits per heavy atom. The van der Waals surface area contributed by atoms with Gasteiger partial charge < -0.3 is 0 Å². The molecule has 3 heteroatoms. The van der Waals surface area contributed by atoms with Crippen LogP contribution < -0.4 is 15.9 Å². The quantitative estimate of drug-likeness (QED) is 0.621. The van der Waals surface area contributed by atoms with Crippen molar-refractivity contribution in [3.8, 4) is 0 Å². The fourth-order valence-electron chi connectivity index (χ4n) is 3.02. The normalized spacial score (nSPS) is 11.0. The van der Waals surface area contributed by atoms with Gasteiger partial charge in [0.15, 0.2) is 0 Å². The zero-order valence-electron chi connectivity index (χ0n) is 13.0. The van der Waals surface area contributed by atoms with Gasteiger partial charge in [-0.2, -0.15) is 0 Å². The zero-order valence-corrected chi connectivity index (χ0v) is 15.6. The first-order chi connectivity index (χ1) is 11.3. The van der Waals surface area contributed by atoms with E-state index in [-0.39, 0.29) is 0 Å². The van der Waals surface area contributed by atoms with Crippen LogP contribution >= 0.6 is 14.2 Å². The Kier molecular flexibility index (Phi) is 5.34. The van der Waals surface area contributed by atoms with E-state index in [9.17, 15) is 0 Å². The van der Waals surface area contributed by atoms with E-state index in [0.717, 1.165) is 6.98 Å². The average molecular weight is 352 g/mol. The molecule has 23 heavy (non-hydrogen) atoms. The average Bonchev–Trinajstić information content (AvgIpc) is 2.65. The van der Waals surface area contributed by atoms with Crippen molar-refractivity contribution in [2.45, 2.75) is 6.92 Å². The van der Waals surface area contributed by atoms with Crippen LogP contribution in [0.25, 0.3) is 0 Å². The fraction of sp³-hybridized carbons (Fsp3) is 0.0500. The van der Waals surface area contributed by atoms with Gasteiger partial charge in [-0.05, 0) is 0 Å². The molecule has 3 aromatic carbocycles. The maximum atomic E-state index is 5.49. The molecule has 0 bridgehead atoms. The van der Waals surface area contributed by atoms with Gasteiger partial charge in [0.05, 0.1) is 0 Å². The summed E-state index contributed by atoms with van der Waals surface area (Å²) in [7, 11) is -1.84. The van der Waals surface area contributed by atoms with Crippen molar-refractivity contribution in [3.05, 3.63) is 91.0 Å². The van der Waals surface area contributed by atoms with Crippen LogP contribution in [0.5, 0.6) is 0 Å². The van der Waals surface area contributed by atoms with Crippen molar-refractivity contribution in [2.75, 3.05) is 0 Å². The van der Waals surface area contributed by atoms with E-state index in [1.54, 1.807) is 0 Å². The third kappa shape index (κ3) is 3.02. The molecule has 3 aromatic rings. The second-order valence-corrected chi connectivity index (χ2v) is 10.6. The monoisotopic (exact) mass is 352 g/mol. The molecular formula is C20H18P2S+2. The molecule has 0 nitrogen and oxygen atoms in total. The zero-order chi connectivity index (χ0) is 16.1. The van der Waals surface area contributed by atoms with Crippen molar-refractivity contribution in [3.63, 3.8) is 0 Å². The molecule has 0 unspecified atom stereocenters. The van der Waals surface area contributed by atoms with Crippen LogP contribution in [0.15, 0.2) is 91.0 Å². The first kappa shape index (κ1) is 16.5. The van der Waals surface area contributed by atoms with Crippen LogP contribution in [0, 0.1) is 0 Å². The Morgan fingerprint density at radius 3 is 1.22 bits per heavy atom. The van der Waals surface area contributed by atoms with Gasteiger partial charge in [-0.3, -0.25) is 0 Å². The summed E-state index contributed by atoms with van der Waals surface area (Å²) in [5.74, 6) is 0. The summed E-state index contributed by atoms with van der Waals surface area (Å²) >= 11 is 5.49. The van der Waals surface area contributed by atoms with E-state index < -0.39 is 7.26 Å². The molecule has 0 saturated heterocycles. The van der Waals surface area contributed by atoms with Crippen LogP contribution in [0.1, 0.15) is 6.92 Å². The van der Waals surface area contributed by atoms with E-state index in [2.05, 4.69) is 97.9 Å². The number of hydrogen-bond acceptors (Lipinski definition) is 1. The van der Waals surface area contributed by atoms with Gasteiger partial charge in [0.25, 0.3) is 0 Å². The maximum absolute atomic E-state index is 5.49. The predicted octanol–water partition coefficient (Wildman–Crippen LogP) is 4.54. The van der Waals surface area contributed by atoms with E-state index in [1.807, 2.05) is 0 Å². The molecule has 0 atom stereocenters. The second-order valence-electron chi connectivity index (χ2n) is 5.32. The standard InChI is InChI=1S/C20H18P2S/c1-17(21-23)22(18-11-5-2-6-12-18,19-13-7-3-8-14-19)20-15-9-4-10-16-20/h2-16H,1H3/q+2. The second kappa shape index (κ2) is 7.45. The van der Waals surface area contributed by atoms with Crippen molar-refractivity contribution >= 4 is 47.0 Å². The Hall–Kier alpha value is -1.39. The molecule has 3 rings (SSSR count). The molecule has 0 radical (unpaired) electrons. The molecule has 0 spiro atoms. The molecule has 0 amide bonds. The van der Waals surface area contributed by atoms with Crippen molar-refractivity contribution in [2.24, 2.45) is 0 Å². The Bertz CT molecular complexity index is 727. The number of benzene rings is 3. The van der Waals surface area contributed by atoms with E-state index in [4.69, 9.17) is 11.8 Å². The third-order valence-electron chi connectivity index (χ3n) is 4.05. The van der Waals surface area contributed by atoms with Gasteiger partial charge >= 0.3 is 145 Å². The van der Waals surface area contributed by atoms with Gasteiger partial charge in [0, 0.05) is 0 Å². The first-order valence-electron chi connectivity index (χ1n) is 7.53. The van der Waals surface area contributed by atoms with Crippen LogP contribution in [0.4, 0.5) is 0 Å². The SMILES string of the molecule is CC(=[P+]=S)[P+](c1ccccc1)(c1ccccc1)c1ccccc1. The fourth-order valence-corrected chi connectivity index (χ4v) is 9.53. The number of rotatable bonds is 4. The summed E-state index contributed by atoms with van der Waals surface area (Å²) in [5.41, 5.74) is 0. The predicted molar refractivity (Wildman–Crippen MR) is 110 cm³/mol. The summed E-state index contributed by atoms with van der Waals surface area (Å²) in [4.78, 5) is 0. The first-order valence-corrected chi connectivity index (χ1v) is 11.2. The molecule has 0 aliphatic rings. The molecular weight excluding hydrogens is 334 g/mol. The van der Waals surface area contributed by atoms with Crippen molar-refractivity contribution < 1.29 is 0 Å².